The Labute approximate surface area is 120 Å². The van der Waals surface area contributed by atoms with Crippen molar-refractivity contribution in [1.82, 2.24) is 9.97 Å². The highest BCUT2D eigenvalue weighted by Gasteiger charge is 2.28. The van der Waals surface area contributed by atoms with E-state index in [1.165, 1.54) is 12.8 Å². The average Bonchev–Trinajstić information content (AvgIpc) is 3.27. The fourth-order valence-corrected chi connectivity index (χ4v) is 2.15. The van der Waals surface area contributed by atoms with Gasteiger partial charge >= 0.3 is 0 Å². The van der Waals surface area contributed by atoms with Crippen molar-refractivity contribution in [1.29, 1.82) is 0 Å². The van der Waals surface area contributed by atoms with E-state index in [2.05, 4.69) is 29.2 Å². The van der Waals surface area contributed by atoms with Crippen LogP contribution in [0.25, 0.3) is 0 Å². The second kappa shape index (κ2) is 6.85. The van der Waals surface area contributed by atoms with Crippen LogP contribution in [-0.4, -0.2) is 36.8 Å². The van der Waals surface area contributed by atoms with Crippen molar-refractivity contribution in [2.45, 2.75) is 32.6 Å². The van der Waals surface area contributed by atoms with E-state index in [1.807, 2.05) is 6.07 Å². The molecule has 6 nitrogen and oxygen atoms in total. The molecule has 1 saturated carbocycles. The largest absolute Gasteiger partial charge is 0.383 e. The molecule has 3 N–H and O–H groups in total. The van der Waals surface area contributed by atoms with Gasteiger partial charge in [0.25, 0.3) is 0 Å². The minimum atomic E-state index is 0.505. The molecule has 0 aromatic carbocycles. The van der Waals surface area contributed by atoms with Gasteiger partial charge in [-0.05, 0) is 18.8 Å². The van der Waals surface area contributed by atoms with Gasteiger partial charge in [-0.15, -0.1) is 0 Å². The minimum Gasteiger partial charge on any atom is -0.383 e. The highest BCUT2D eigenvalue weighted by molar-refractivity contribution is 5.49. The van der Waals surface area contributed by atoms with Crippen molar-refractivity contribution >= 4 is 11.6 Å². The van der Waals surface area contributed by atoms with Crippen molar-refractivity contribution in [2.24, 2.45) is 11.8 Å². The lowest BCUT2D eigenvalue weighted by Gasteiger charge is -2.26. The van der Waals surface area contributed by atoms with Crippen molar-refractivity contribution in [3.63, 3.8) is 0 Å². The maximum Gasteiger partial charge on any atom is 0.145 e. The molecular weight excluding hydrogens is 254 g/mol. The molecule has 0 bridgehead atoms. The second-order valence-corrected chi connectivity index (χ2v) is 5.72. The zero-order chi connectivity index (χ0) is 14.5. The van der Waals surface area contributed by atoms with Crippen molar-refractivity contribution in [3.8, 4) is 0 Å². The number of hydrogen-bond donors (Lipinski definition) is 2. The Morgan fingerprint density at radius 1 is 1.45 bits per heavy atom. The van der Waals surface area contributed by atoms with Gasteiger partial charge in [-0.1, -0.05) is 13.8 Å². The standard InChI is InChI=1S/C14H25N5O/c1-10(2)9-19(6-7-20-3)13-8-12(18-15)16-14(17-13)11-4-5-11/h8,10-11H,4-7,9,15H2,1-3H3,(H,16,17,18). The van der Waals surface area contributed by atoms with Gasteiger partial charge in [0.15, 0.2) is 0 Å². The average molecular weight is 279 g/mol. The fourth-order valence-electron chi connectivity index (χ4n) is 2.15. The van der Waals surface area contributed by atoms with Gasteiger partial charge in [-0.25, -0.2) is 15.8 Å². The maximum absolute atomic E-state index is 5.53. The Kier molecular flexibility index (Phi) is 5.14. The second-order valence-electron chi connectivity index (χ2n) is 5.72. The summed E-state index contributed by atoms with van der Waals surface area (Å²) >= 11 is 0. The summed E-state index contributed by atoms with van der Waals surface area (Å²) in [5, 5.41) is 0. The van der Waals surface area contributed by atoms with Crippen molar-refractivity contribution in [3.05, 3.63) is 11.9 Å². The van der Waals surface area contributed by atoms with Gasteiger partial charge in [-0.3, -0.25) is 0 Å². The molecular formula is C14H25N5O. The molecule has 1 heterocycles. The van der Waals surface area contributed by atoms with E-state index < -0.39 is 0 Å². The van der Waals surface area contributed by atoms with Gasteiger partial charge < -0.3 is 15.1 Å². The number of nitrogen functional groups attached to an aromatic ring is 1. The maximum atomic E-state index is 5.53. The highest BCUT2D eigenvalue weighted by atomic mass is 16.5. The van der Waals surface area contributed by atoms with E-state index >= 15 is 0 Å². The number of aromatic nitrogens is 2. The number of nitrogens with one attached hydrogen (secondary N) is 1. The summed E-state index contributed by atoms with van der Waals surface area (Å²) in [5.74, 6) is 9.11. The number of hydrogen-bond acceptors (Lipinski definition) is 6. The lowest BCUT2D eigenvalue weighted by Crippen LogP contribution is -2.32. The van der Waals surface area contributed by atoms with Crippen LogP contribution in [0.5, 0.6) is 0 Å². The molecule has 0 unspecified atom stereocenters. The molecule has 6 heteroatoms. The molecule has 1 aromatic heterocycles. The number of nitrogens with two attached hydrogens (primary N) is 1. The van der Waals surface area contributed by atoms with E-state index in [0.717, 1.165) is 24.7 Å². The highest BCUT2D eigenvalue weighted by Crippen LogP contribution is 2.39. The minimum absolute atomic E-state index is 0.505. The topological polar surface area (TPSA) is 76.3 Å². The number of methoxy groups -OCH3 is 1. The summed E-state index contributed by atoms with van der Waals surface area (Å²) in [6.45, 7) is 6.84. The van der Waals surface area contributed by atoms with Crippen molar-refractivity contribution in [2.75, 3.05) is 37.1 Å². The normalized spacial score (nSPS) is 14.7. The molecule has 112 valence electrons. The molecule has 1 fully saturated rings. The molecule has 0 spiro atoms. The van der Waals surface area contributed by atoms with Gasteiger partial charge in [0.1, 0.15) is 17.5 Å². The van der Waals surface area contributed by atoms with Gasteiger partial charge in [-0.2, -0.15) is 0 Å². The van der Waals surface area contributed by atoms with E-state index in [-0.39, 0.29) is 0 Å². The Morgan fingerprint density at radius 3 is 2.75 bits per heavy atom. The first-order valence-electron chi connectivity index (χ1n) is 7.23. The quantitative estimate of drug-likeness (QED) is 0.558. The van der Waals surface area contributed by atoms with E-state index in [1.54, 1.807) is 7.11 Å². The zero-order valence-electron chi connectivity index (χ0n) is 12.6. The molecule has 0 saturated heterocycles. The molecule has 1 aliphatic rings. The summed E-state index contributed by atoms with van der Waals surface area (Å²) in [5.41, 5.74) is 2.65. The first-order chi connectivity index (χ1) is 9.63. The number of ether oxygens (including phenoxy) is 1. The molecule has 0 aliphatic heterocycles. The first kappa shape index (κ1) is 15.0. The van der Waals surface area contributed by atoms with Gasteiger partial charge in [0.2, 0.25) is 0 Å². The van der Waals surface area contributed by atoms with Crippen LogP contribution < -0.4 is 16.2 Å². The molecule has 0 atom stereocenters. The third kappa shape index (κ3) is 4.05. The number of nitrogens with zero attached hydrogens (tertiary/aromatic N) is 3. The summed E-state index contributed by atoms with van der Waals surface area (Å²) in [4.78, 5) is 11.4. The number of hydrazine groups is 1. The Hall–Kier alpha value is -1.40. The summed E-state index contributed by atoms with van der Waals surface area (Å²) in [6.07, 6.45) is 2.35. The molecule has 0 radical (unpaired) electrons. The fraction of sp³-hybridized carbons (Fsp3) is 0.714. The van der Waals surface area contributed by atoms with Crippen LogP contribution in [0.1, 0.15) is 38.4 Å². The van der Waals surface area contributed by atoms with E-state index in [0.29, 0.717) is 24.3 Å². The monoisotopic (exact) mass is 279 g/mol. The Morgan fingerprint density at radius 2 is 2.20 bits per heavy atom. The summed E-state index contributed by atoms with van der Waals surface area (Å²) in [6, 6.07) is 1.91. The van der Waals surface area contributed by atoms with Crippen LogP contribution >= 0.6 is 0 Å². The molecule has 0 amide bonds. The molecule has 2 rings (SSSR count). The summed E-state index contributed by atoms with van der Waals surface area (Å²) in [7, 11) is 1.72. The third-order valence-electron chi connectivity index (χ3n) is 3.30. The van der Waals surface area contributed by atoms with Crippen LogP contribution in [0, 0.1) is 5.92 Å². The number of anilines is 2. The molecule has 1 aromatic rings. The predicted octanol–water partition coefficient (Wildman–Crippen LogP) is 1.75. The van der Waals surface area contributed by atoms with E-state index in [9.17, 15) is 0 Å². The van der Waals surface area contributed by atoms with E-state index in [4.69, 9.17) is 15.6 Å². The predicted molar refractivity (Wildman–Crippen MR) is 80.7 cm³/mol. The SMILES string of the molecule is COCCN(CC(C)C)c1cc(NN)nc(C2CC2)n1. The van der Waals surface area contributed by atoms with Crippen LogP contribution in [0.2, 0.25) is 0 Å². The smallest absolute Gasteiger partial charge is 0.145 e. The lowest BCUT2D eigenvalue weighted by molar-refractivity contribution is 0.204. The van der Waals surface area contributed by atoms with Crippen LogP contribution in [0.4, 0.5) is 11.6 Å². The van der Waals surface area contributed by atoms with Crippen molar-refractivity contribution < 1.29 is 4.74 Å². The Balaban J connectivity index is 2.22. The van der Waals surface area contributed by atoms with Gasteiger partial charge in [0, 0.05) is 32.2 Å². The molecule has 20 heavy (non-hydrogen) atoms. The summed E-state index contributed by atoms with van der Waals surface area (Å²) < 4.78 is 5.20. The van der Waals surface area contributed by atoms with Crippen LogP contribution in [-0.2, 0) is 4.74 Å². The van der Waals surface area contributed by atoms with Crippen LogP contribution in [0.3, 0.4) is 0 Å². The third-order valence-corrected chi connectivity index (χ3v) is 3.30. The first-order valence-corrected chi connectivity index (χ1v) is 7.23. The Bertz CT molecular complexity index is 434. The van der Waals surface area contributed by atoms with Gasteiger partial charge in [0.05, 0.1) is 6.61 Å². The lowest BCUT2D eigenvalue weighted by atomic mass is 10.2. The zero-order valence-corrected chi connectivity index (χ0v) is 12.6. The molecule has 1 aliphatic carbocycles. The number of rotatable bonds is 8. The van der Waals surface area contributed by atoms with Crippen LogP contribution in [0.15, 0.2) is 6.07 Å².